The number of carbonyl (C=O) groups is 1. The molecule has 0 aliphatic heterocycles. The largest absolute Gasteiger partial charge is 0.292 e. The molecule has 1 aromatic rings. The van der Waals surface area contributed by atoms with Crippen LogP contribution in [0.3, 0.4) is 0 Å². The van der Waals surface area contributed by atoms with E-state index in [4.69, 9.17) is 0 Å². The SMILES string of the molecule is CCCC(=O)Nc1nnn(C)n1. The molecule has 6 nitrogen and oxygen atoms in total. The number of carbonyl (C=O) groups excluding carboxylic acids is 1. The number of hydrogen-bond acceptors (Lipinski definition) is 4. The zero-order valence-corrected chi connectivity index (χ0v) is 7.11. The molecule has 0 aliphatic rings. The van der Waals surface area contributed by atoms with Crippen LogP contribution in [0.2, 0.25) is 0 Å². The Balaban J connectivity index is 2.46. The van der Waals surface area contributed by atoms with E-state index < -0.39 is 0 Å². The van der Waals surface area contributed by atoms with Crippen molar-refractivity contribution in [1.29, 1.82) is 0 Å². The zero-order chi connectivity index (χ0) is 8.97. The van der Waals surface area contributed by atoms with Gasteiger partial charge >= 0.3 is 0 Å². The van der Waals surface area contributed by atoms with E-state index in [1.165, 1.54) is 4.80 Å². The van der Waals surface area contributed by atoms with Gasteiger partial charge in [0.2, 0.25) is 5.91 Å². The number of nitrogens with zero attached hydrogens (tertiary/aromatic N) is 4. The molecule has 0 atom stereocenters. The van der Waals surface area contributed by atoms with Gasteiger partial charge in [-0.1, -0.05) is 12.0 Å². The van der Waals surface area contributed by atoms with Crippen LogP contribution in [0.1, 0.15) is 19.8 Å². The minimum atomic E-state index is -0.0782. The molecule has 1 amide bonds. The van der Waals surface area contributed by atoms with E-state index in [9.17, 15) is 4.79 Å². The second-order valence-electron chi connectivity index (χ2n) is 2.40. The molecule has 0 fully saturated rings. The van der Waals surface area contributed by atoms with Crippen molar-refractivity contribution in [3.05, 3.63) is 0 Å². The van der Waals surface area contributed by atoms with Crippen LogP contribution in [-0.4, -0.2) is 26.1 Å². The van der Waals surface area contributed by atoms with Gasteiger partial charge in [-0.2, -0.15) is 4.80 Å². The first kappa shape index (κ1) is 8.63. The van der Waals surface area contributed by atoms with Crippen LogP contribution in [0.15, 0.2) is 0 Å². The Morgan fingerprint density at radius 1 is 1.67 bits per heavy atom. The van der Waals surface area contributed by atoms with Crippen molar-refractivity contribution in [2.75, 3.05) is 5.32 Å². The molecular weight excluding hydrogens is 158 g/mol. The predicted molar refractivity (Wildman–Crippen MR) is 42.3 cm³/mol. The smallest absolute Gasteiger partial charge is 0.270 e. The summed E-state index contributed by atoms with van der Waals surface area (Å²) in [7, 11) is 1.64. The van der Waals surface area contributed by atoms with Gasteiger partial charge in [0.25, 0.3) is 5.95 Å². The fourth-order valence-corrected chi connectivity index (χ4v) is 0.748. The lowest BCUT2D eigenvalue weighted by Crippen LogP contribution is -2.11. The van der Waals surface area contributed by atoms with Crippen LogP contribution >= 0.6 is 0 Å². The first-order valence-corrected chi connectivity index (χ1v) is 3.76. The lowest BCUT2D eigenvalue weighted by atomic mass is 10.3. The highest BCUT2D eigenvalue weighted by Gasteiger charge is 2.03. The molecule has 0 unspecified atom stereocenters. The molecule has 0 aliphatic carbocycles. The van der Waals surface area contributed by atoms with Crippen molar-refractivity contribution in [2.45, 2.75) is 19.8 Å². The quantitative estimate of drug-likeness (QED) is 0.688. The standard InChI is InChI=1S/C6H11N5O/c1-3-4-5(12)7-6-8-10-11(2)9-6/h3-4H2,1-2H3,(H,7,9,12). The number of tetrazole rings is 1. The highest BCUT2D eigenvalue weighted by Crippen LogP contribution is 1.95. The van der Waals surface area contributed by atoms with E-state index in [2.05, 4.69) is 20.7 Å². The Morgan fingerprint density at radius 3 is 2.92 bits per heavy atom. The number of aryl methyl sites for hydroxylation is 1. The lowest BCUT2D eigenvalue weighted by Gasteiger charge is -1.95. The third-order valence-electron chi connectivity index (χ3n) is 1.24. The molecule has 1 heterocycles. The predicted octanol–water partition coefficient (Wildman–Crippen LogP) is -0.0513. The monoisotopic (exact) mass is 169 g/mol. The number of amides is 1. The molecule has 0 saturated carbocycles. The third kappa shape index (κ3) is 2.30. The summed E-state index contributed by atoms with van der Waals surface area (Å²) < 4.78 is 0. The maximum atomic E-state index is 11.0. The van der Waals surface area contributed by atoms with Crippen molar-refractivity contribution in [3.63, 3.8) is 0 Å². The summed E-state index contributed by atoms with van der Waals surface area (Å²) >= 11 is 0. The fraction of sp³-hybridized carbons (Fsp3) is 0.667. The van der Waals surface area contributed by atoms with Gasteiger partial charge in [-0.3, -0.25) is 10.1 Å². The number of hydrogen-bond donors (Lipinski definition) is 1. The van der Waals surface area contributed by atoms with Crippen molar-refractivity contribution < 1.29 is 4.79 Å². The molecule has 0 bridgehead atoms. The zero-order valence-electron chi connectivity index (χ0n) is 7.11. The van der Waals surface area contributed by atoms with Crippen LogP contribution in [-0.2, 0) is 11.8 Å². The van der Waals surface area contributed by atoms with Crippen LogP contribution in [0, 0.1) is 0 Å². The normalized spacial score (nSPS) is 9.83. The van der Waals surface area contributed by atoms with Gasteiger partial charge in [-0.15, -0.1) is 5.10 Å². The van der Waals surface area contributed by atoms with Crippen molar-refractivity contribution in [3.8, 4) is 0 Å². The average Bonchev–Trinajstić information content (AvgIpc) is 2.36. The molecular formula is C6H11N5O. The molecule has 6 heteroatoms. The highest BCUT2D eigenvalue weighted by molar-refractivity contribution is 5.88. The molecule has 0 radical (unpaired) electrons. The van der Waals surface area contributed by atoms with E-state index in [0.717, 1.165) is 6.42 Å². The Morgan fingerprint density at radius 2 is 2.42 bits per heavy atom. The van der Waals surface area contributed by atoms with E-state index in [1.54, 1.807) is 7.05 Å². The lowest BCUT2D eigenvalue weighted by molar-refractivity contribution is -0.116. The molecule has 12 heavy (non-hydrogen) atoms. The van der Waals surface area contributed by atoms with E-state index >= 15 is 0 Å². The minimum Gasteiger partial charge on any atom is -0.292 e. The maximum absolute atomic E-state index is 11.0. The fourth-order valence-electron chi connectivity index (χ4n) is 0.748. The molecule has 0 aromatic carbocycles. The van der Waals surface area contributed by atoms with Gasteiger partial charge in [-0.05, 0) is 11.6 Å². The summed E-state index contributed by atoms with van der Waals surface area (Å²) in [6.45, 7) is 1.93. The van der Waals surface area contributed by atoms with E-state index in [0.29, 0.717) is 6.42 Å². The Labute approximate surface area is 70.0 Å². The maximum Gasteiger partial charge on any atom is 0.270 e. The van der Waals surface area contributed by atoms with Crippen LogP contribution in [0.5, 0.6) is 0 Å². The van der Waals surface area contributed by atoms with Gasteiger partial charge in [-0.25, -0.2) is 0 Å². The van der Waals surface area contributed by atoms with Gasteiger partial charge < -0.3 is 0 Å². The molecule has 0 spiro atoms. The molecule has 1 N–H and O–H groups in total. The van der Waals surface area contributed by atoms with E-state index in [1.807, 2.05) is 6.92 Å². The first-order valence-electron chi connectivity index (χ1n) is 3.76. The number of nitrogens with one attached hydrogen (secondary N) is 1. The summed E-state index contributed by atoms with van der Waals surface area (Å²) in [4.78, 5) is 12.3. The topological polar surface area (TPSA) is 72.7 Å². The Kier molecular flexibility index (Phi) is 2.73. The average molecular weight is 169 g/mol. The van der Waals surface area contributed by atoms with Gasteiger partial charge in [0.1, 0.15) is 0 Å². The third-order valence-corrected chi connectivity index (χ3v) is 1.24. The summed E-state index contributed by atoms with van der Waals surface area (Å²) in [5, 5.41) is 13.5. The molecule has 66 valence electrons. The number of rotatable bonds is 3. The van der Waals surface area contributed by atoms with Gasteiger partial charge in [0.05, 0.1) is 7.05 Å². The first-order chi connectivity index (χ1) is 5.72. The van der Waals surface area contributed by atoms with Gasteiger partial charge in [0.15, 0.2) is 0 Å². The Hall–Kier alpha value is -1.46. The van der Waals surface area contributed by atoms with Crippen LogP contribution in [0.25, 0.3) is 0 Å². The molecule has 1 rings (SSSR count). The Bertz CT molecular complexity index is 269. The molecule has 1 aromatic heterocycles. The van der Waals surface area contributed by atoms with Crippen LogP contribution in [0.4, 0.5) is 5.95 Å². The molecule has 0 saturated heterocycles. The van der Waals surface area contributed by atoms with Gasteiger partial charge in [0, 0.05) is 6.42 Å². The van der Waals surface area contributed by atoms with Crippen molar-refractivity contribution >= 4 is 11.9 Å². The minimum absolute atomic E-state index is 0.0782. The summed E-state index contributed by atoms with van der Waals surface area (Å²) in [6, 6.07) is 0. The highest BCUT2D eigenvalue weighted by atomic mass is 16.1. The van der Waals surface area contributed by atoms with E-state index in [-0.39, 0.29) is 11.9 Å². The number of anilines is 1. The summed E-state index contributed by atoms with van der Waals surface area (Å²) in [5.74, 6) is 0.182. The van der Waals surface area contributed by atoms with Crippen molar-refractivity contribution in [2.24, 2.45) is 7.05 Å². The second kappa shape index (κ2) is 3.80. The van der Waals surface area contributed by atoms with Crippen molar-refractivity contribution in [1.82, 2.24) is 20.2 Å². The summed E-state index contributed by atoms with van der Waals surface area (Å²) in [5.41, 5.74) is 0. The number of aromatic nitrogens is 4. The second-order valence-corrected chi connectivity index (χ2v) is 2.40. The summed E-state index contributed by atoms with van der Waals surface area (Å²) in [6.07, 6.45) is 1.30. The van der Waals surface area contributed by atoms with Crippen LogP contribution < -0.4 is 5.32 Å².